The molecule has 5 nitrogen and oxygen atoms in total. The Bertz CT molecular complexity index is 507. The third-order valence-electron chi connectivity index (χ3n) is 5.71. The van der Waals surface area contributed by atoms with Crippen molar-refractivity contribution < 1.29 is 13.8 Å². The van der Waals surface area contributed by atoms with Crippen LogP contribution in [0.5, 0.6) is 0 Å². The van der Waals surface area contributed by atoms with Gasteiger partial charge in [-0.2, -0.15) is 5.26 Å². The van der Waals surface area contributed by atoms with Crippen LogP contribution in [0.25, 0.3) is 0 Å². The molecule has 0 N–H and O–H groups in total. The number of thioether (sulfide) groups is 1. The monoisotopic (exact) mass is 546 g/mol. The van der Waals surface area contributed by atoms with Crippen molar-refractivity contribution in [3.63, 3.8) is 0 Å². The van der Waals surface area contributed by atoms with Crippen molar-refractivity contribution in [2.75, 3.05) is 19.0 Å². The van der Waals surface area contributed by atoms with Crippen molar-refractivity contribution in [2.45, 2.75) is 157 Å². The zero-order valence-corrected chi connectivity index (χ0v) is 26.6. The lowest BCUT2D eigenvalue weighted by molar-refractivity contribution is -0.109. The fourth-order valence-corrected chi connectivity index (χ4v) is 6.26. The molecule has 0 aliphatic carbocycles. The van der Waals surface area contributed by atoms with E-state index in [1.54, 1.807) is 6.92 Å². The number of hydrogen-bond donors (Lipinski definition) is 0. The first-order chi connectivity index (χ1) is 17.4. The molecule has 36 heavy (non-hydrogen) atoms. The summed E-state index contributed by atoms with van der Waals surface area (Å²) in [5, 5.41) is 9.04. The minimum Gasteiger partial charge on any atom is -0.322 e. The van der Waals surface area contributed by atoms with Gasteiger partial charge in [-0.05, 0) is 40.5 Å². The molecule has 0 amide bonds. The lowest BCUT2D eigenvalue weighted by Crippen LogP contribution is -2.33. The molecule has 0 aromatic carbocycles. The molecule has 0 heterocycles. The van der Waals surface area contributed by atoms with Gasteiger partial charge in [0.2, 0.25) is 0 Å². The van der Waals surface area contributed by atoms with E-state index in [1.807, 2.05) is 13.8 Å². The lowest BCUT2D eigenvalue weighted by Gasteiger charge is -2.35. The highest BCUT2D eigenvalue weighted by molar-refractivity contribution is 8.13. The molecule has 0 radical (unpaired) electrons. The Hall–Kier alpha value is -0.180. The molecule has 0 aromatic heterocycles. The van der Waals surface area contributed by atoms with E-state index in [9.17, 15) is 4.79 Å². The van der Waals surface area contributed by atoms with E-state index in [1.165, 1.54) is 95.2 Å². The van der Waals surface area contributed by atoms with Crippen LogP contribution in [0.3, 0.4) is 0 Å². The van der Waals surface area contributed by atoms with Gasteiger partial charge in [-0.3, -0.25) is 4.79 Å². The van der Waals surface area contributed by atoms with Crippen LogP contribution in [-0.4, -0.2) is 40.8 Å². The maximum atomic E-state index is 10.9. The number of unbranched alkanes of at least 4 members (excludes halogenated alkanes) is 13. The van der Waals surface area contributed by atoms with Gasteiger partial charge in [0.05, 0.1) is 25.7 Å². The SMILES string of the molecule is CC.CC(=O)SCCCCCCCCCCCCCCCCOP(OCCC#N)N(C(C)C)C(C)C. The van der Waals surface area contributed by atoms with Crippen LogP contribution in [-0.2, 0) is 13.8 Å². The molecule has 0 fully saturated rings. The summed E-state index contributed by atoms with van der Waals surface area (Å²) < 4.78 is 14.4. The van der Waals surface area contributed by atoms with Crippen molar-refractivity contribution in [3.05, 3.63) is 0 Å². The molecule has 0 spiro atoms. The van der Waals surface area contributed by atoms with Crippen molar-refractivity contribution in [3.8, 4) is 6.07 Å². The van der Waals surface area contributed by atoms with E-state index < -0.39 is 8.53 Å². The minimum absolute atomic E-state index is 0.248. The molecular weight excluding hydrogens is 487 g/mol. The highest BCUT2D eigenvalue weighted by atomic mass is 32.2. The van der Waals surface area contributed by atoms with E-state index in [0.29, 0.717) is 25.1 Å². The van der Waals surface area contributed by atoms with E-state index in [2.05, 4.69) is 38.4 Å². The second kappa shape index (κ2) is 29.4. The van der Waals surface area contributed by atoms with Crippen molar-refractivity contribution in [1.29, 1.82) is 5.26 Å². The second-order valence-electron chi connectivity index (χ2n) is 9.67. The molecule has 214 valence electrons. The summed E-state index contributed by atoms with van der Waals surface area (Å²) in [6.45, 7) is 15.5. The first kappa shape index (κ1) is 38.0. The average molecular weight is 547 g/mol. The lowest BCUT2D eigenvalue weighted by atomic mass is 10.0. The quantitative estimate of drug-likeness (QED) is 0.0886. The molecule has 0 saturated heterocycles. The average Bonchev–Trinajstić information content (AvgIpc) is 2.83. The van der Waals surface area contributed by atoms with Crippen molar-refractivity contribution in [1.82, 2.24) is 4.67 Å². The molecule has 7 heteroatoms. The van der Waals surface area contributed by atoms with Crippen LogP contribution in [0.4, 0.5) is 0 Å². The third kappa shape index (κ3) is 25.5. The smallest absolute Gasteiger partial charge is 0.259 e. The van der Waals surface area contributed by atoms with E-state index in [0.717, 1.165) is 18.8 Å². The summed E-state index contributed by atoms with van der Waals surface area (Å²) in [5.74, 6) is 0.996. The number of nitriles is 1. The van der Waals surface area contributed by atoms with Gasteiger partial charge in [0, 0.05) is 24.8 Å². The van der Waals surface area contributed by atoms with Crippen molar-refractivity contribution >= 4 is 25.4 Å². The first-order valence-corrected chi connectivity index (χ1v) is 16.9. The van der Waals surface area contributed by atoms with Gasteiger partial charge in [0.25, 0.3) is 8.53 Å². The Kier molecular flexibility index (Phi) is 31.0. The molecule has 0 rings (SSSR count). The Labute approximate surface area is 230 Å². The number of carbonyl (C=O) groups is 1. The predicted octanol–water partition coefficient (Wildman–Crippen LogP) is 10.0. The second-order valence-corrected chi connectivity index (χ2v) is 12.4. The molecule has 0 bridgehead atoms. The van der Waals surface area contributed by atoms with Crippen LogP contribution in [0.2, 0.25) is 0 Å². The van der Waals surface area contributed by atoms with Crippen LogP contribution >= 0.6 is 20.3 Å². The summed E-state index contributed by atoms with van der Waals surface area (Å²) in [4.78, 5) is 10.9. The van der Waals surface area contributed by atoms with Crippen LogP contribution in [0.15, 0.2) is 0 Å². The number of hydrogen-bond acceptors (Lipinski definition) is 6. The number of carbonyl (C=O) groups excluding carboxylic acids is 1. The largest absolute Gasteiger partial charge is 0.322 e. The van der Waals surface area contributed by atoms with Gasteiger partial charge in [-0.25, -0.2) is 4.67 Å². The topological polar surface area (TPSA) is 62.6 Å². The highest BCUT2D eigenvalue weighted by Gasteiger charge is 2.26. The fourth-order valence-electron chi connectivity index (χ4n) is 4.00. The van der Waals surface area contributed by atoms with Gasteiger partial charge in [0.15, 0.2) is 5.12 Å². The van der Waals surface area contributed by atoms with Gasteiger partial charge in [0.1, 0.15) is 0 Å². The van der Waals surface area contributed by atoms with Crippen LogP contribution < -0.4 is 0 Å². The zero-order chi connectivity index (χ0) is 27.4. The molecule has 0 aliphatic heterocycles. The van der Waals surface area contributed by atoms with E-state index >= 15 is 0 Å². The molecule has 0 aromatic rings. The number of nitrogens with zero attached hydrogens (tertiary/aromatic N) is 2. The third-order valence-corrected chi connectivity index (χ3v) is 8.72. The summed E-state index contributed by atoms with van der Waals surface area (Å²) >= 11 is 1.46. The van der Waals surface area contributed by atoms with Crippen molar-refractivity contribution in [2.24, 2.45) is 0 Å². The molecule has 0 saturated carbocycles. The predicted molar refractivity (Wildman–Crippen MR) is 160 cm³/mol. The molecule has 0 aliphatic rings. The normalized spacial score (nSPS) is 12.0. The summed E-state index contributed by atoms with van der Waals surface area (Å²) in [5.41, 5.74) is 0. The molecular formula is C29H59N2O3PS. The van der Waals surface area contributed by atoms with Gasteiger partial charge >= 0.3 is 0 Å². The minimum atomic E-state index is -1.09. The molecule has 1 atom stereocenters. The van der Waals surface area contributed by atoms with Gasteiger partial charge in [-0.1, -0.05) is 103 Å². The van der Waals surface area contributed by atoms with E-state index in [4.69, 9.17) is 14.3 Å². The van der Waals surface area contributed by atoms with E-state index in [-0.39, 0.29) is 5.12 Å². The summed E-state index contributed by atoms with van der Waals surface area (Å²) in [6, 6.07) is 2.87. The highest BCUT2D eigenvalue weighted by Crippen LogP contribution is 2.46. The standard InChI is InChI=1S/C27H53N2O3PS.C2H6/c1-25(2)29(26(3)4)33(32-23-20-21-28)31-22-18-16-14-12-10-8-6-7-9-11-13-15-17-19-24-34-27(5)30;1-2/h25-26H,6-20,22-24H2,1-5H3;1-2H3. The Morgan fingerprint density at radius 1 is 0.750 bits per heavy atom. The fraction of sp³-hybridized carbons (Fsp3) is 0.931. The van der Waals surface area contributed by atoms with Crippen LogP contribution in [0.1, 0.15) is 145 Å². The zero-order valence-electron chi connectivity index (χ0n) is 24.9. The number of rotatable bonds is 24. The Balaban J connectivity index is 0. The first-order valence-electron chi connectivity index (χ1n) is 14.7. The summed E-state index contributed by atoms with van der Waals surface area (Å²) in [6.07, 6.45) is 18.7. The molecule has 1 unspecified atom stereocenters. The van der Waals surface area contributed by atoms with Gasteiger partial charge < -0.3 is 9.05 Å². The van der Waals surface area contributed by atoms with Gasteiger partial charge in [-0.15, -0.1) is 0 Å². The summed E-state index contributed by atoms with van der Waals surface area (Å²) in [7, 11) is -1.09. The Morgan fingerprint density at radius 2 is 1.14 bits per heavy atom. The Morgan fingerprint density at radius 3 is 1.53 bits per heavy atom. The van der Waals surface area contributed by atoms with Crippen LogP contribution in [0, 0.1) is 11.3 Å². The maximum absolute atomic E-state index is 10.9. The maximum Gasteiger partial charge on any atom is 0.259 e.